The van der Waals surface area contributed by atoms with Crippen molar-refractivity contribution in [1.82, 2.24) is 4.98 Å². The van der Waals surface area contributed by atoms with Crippen molar-refractivity contribution in [3.05, 3.63) is 102 Å². The van der Waals surface area contributed by atoms with Gasteiger partial charge in [-0.05, 0) is 92.8 Å². The average molecular weight is 1110 g/mol. The number of esters is 2. The molecule has 5 atom stereocenters. The summed E-state index contributed by atoms with van der Waals surface area (Å²) < 4.78 is 65.0. The molecule has 0 bridgehead atoms. The minimum atomic E-state index is -5.15. The first kappa shape index (κ1) is 67.4. The van der Waals surface area contributed by atoms with Crippen LogP contribution in [0.3, 0.4) is 0 Å². The Hall–Kier alpha value is -3.87. The highest BCUT2D eigenvalue weighted by atomic mass is 32.3. The van der Waals surface area contributed by atoms with Crippen LogP contribution in [0.15, 0.2) is 91.3 Å². The van der Waals surface area contributed by atoms with Crippen LogP contribution >= 0.6 is 0 Å². The van der Waals surface area contributed by atoms with Gasteiger partial charge in [0, 0.05) is 25.2 Å². The van der Waals surface area contributed by atoms with Gasteiger partial charge < -0.3 is 18.6 Å². The molecule has 0 aliphatic carbocycles. The Kier molecular flexibility index (Phi) is 33.2. The summed E-state index contributed by atoms with van der Waals surface area (Å²) in [6.45, 7) is 11.9. The van der Waals surface area contributed by atoms with Crippen molar-refractivity contribution in [2.45, 2.75) is 256 Å². The molecular formula is C61H98N2O12SSi. The molecule has 0 amide bonds. The van der Waals surface area contributed by atoms with E-state index in [9.17, 15) is 27.4 Å². The van der Waals surface area contributed by atoms with E-state index >= 15 is 0 Å². The normalized spacial score (nSPS) is 18.2. The summed E-state index contributed by atoms with van der Waals surface area (Å²) in [5.74, 6) is 1.68. The molecule has 1 aliphatic heterocycles. The van der Waals surface area contributed by atoms with E-state index < -0.39 is 73.1 Å². The number of hydrogen-bond acceptors (Lipinski definition) is 13. The Morgan fingerprint density at radius 2 is 1.14 bits per heavy atom. The summed E-state index contributed by atoms with van der Waals surface area (Å²) in [6, 6.07) is 26.5. The molecule has 0 spiro atoms. The zero-order valence-electron chi connectivity index (χ0n) is 47.8. The second-order valence-corrected chi connectivity index (χ2v) is 28.2. The van der Waals surface area contributed by atoms with E-state index in [0.29, 0.717) is 19.3 Å². The van der Waals surface area contributed by atoms with Crippen molar-refractivity contribution in [3.8, 4) is 0 Å². The fourth-order valence-electron chi connectivity index (χ4n) is 9.25. The number of hydrogen-bond donors (Lipinski definition) is 2. The van der Waals surface area contributed by atoms with Crippen LogP contribution in [0.25, 0.3) is 0 Å². The highest BCUT2D eigenvalue weighted by Gasteiger charge is 2.58. The van der Waals surface area contributed by atoms with E-state index in [1.807, 2.05) is 76.3 Å². The lowest BCUT2D eigenvalue weighted by Gasteiger charge is -2.46. The Balaban J connectivity index is 0.00000242. The van der Waals surface area contributed by atoms with E-state index in [0.717, 1.165) is 103 Å². The van der Waals surface area contributed by atoms with Crippen molar-refractivity contribution in [3.63, 3.8) is 0 Å². The zero-order chi connectivity index (χ0) is 56.3. The van der Waals surface area contributed by atoms with Gasteiger partial charge >= 0.3 is 22.3 Å². The lowest BCUT2D eigenvalue weighted by molar-refractivity contribution is -0.308. The second kappa shape index (κ2) is 37.9. The van der Waals surface area contributed by atoms with Gasteiger partial charge in [-0.2, -0.15) is 8.42 Å². The number of Topliss-reactive ketones (excluding diaryl/α,β-unsaturated/α-hetero) is 1. The molecule has 0 saturated carbocycles. The maximum absolute atomic E-state index is 15.0. The van der Waals surface area contributed by atoms with E-state index in [1.54, 1.807) is 12.4 Å². The van der Waals surface area contributed by atoms with Crippen LogP contribution in [0.1, 0.15) is 206 Å². The molecule has 3 N–H and O–H groups in total. The fourth-order valence-corrected chi connectivity index (χ4v) is 10.8. The van der Waals surface area contributed by atoms with Gasteiger partial charge in [-0.3, -0.25) is 28.8 Å². The number of aromatic nitrogens is 1. The predicted octanol–water partition coefficient (Wildman–Crippen LogP) is 14.3. The van der Waals surface area contributed by atoms with Crippen molar-refractivity contribution in [1.29, 1.82) is 0 Å². The van der Waals surface area contributed by atoms with Crippen LogP contribution in [0.5, 0.6) is 0 Å². The quantitative estimate of drug-likeness (QED) is 0.0180. The molecule has 1 saturated heterocycles. The maximum Gasteiger partial charge on any atom is 0.397 e. The molecule has 14 nitrogen and oxygen atoms in total. The lowest BCUT2D eigenvalue weighted by atomic mass is 9.89. The molecule has 2 aromatic carbocycles. The van der Waals surface area contributed by atoms with Crippen LogP contribution in [0.2, 0.25) is 18.1 Å². The maximum atomic E-state index is 15.0. The molecule has 2 heterocycles. The number of nitrogens with zero attached hydrogens (tertiary/aromatic N) is 1. The average Bonchev–Trinajstić information content (AvgIpc) is 3.41. The van der Waals surface area contributed by atoms with Gasteiger partial charge in [0.05, 0.1) is 13.0 Å². The summed E-state index contributed by atoms with van der Waals surface area (Å²) in [5, 5.41) is -0.289. The third kappa shape index (κ3) is 28.7. The Morgan fingerprint density at radius 1 is 0.688 bits per heavy atom. The Morgan fingerprint density at radius 3 is 1.58 bits per heavy atom. The summed E-state index contributed by atoms with van der Waals surface area (Å²) >= 11 is 0. The fraction of sp³-hybridized carbons (Fsp3) is 0.672. The molecule has 2 unspecified atom stereocenters. The van der Waals surface area contributed by atoms with Gasteiger partial charge in [-0.1, -0.05) is 204 Å². The van der Waals surface area contributed by atoms with E-state index in [2.05, 4.69) is 48.3 Å². The number of unbranched alkanes of at least 4 members (excludes halogenated alkanes) is 19. The van der Waals surface area contributed by atoms with E-state index in [4.69, 9.17) is 33.6 Å². The highest BCUT2D eigenvalue weighted by molar-refractivity contribution is 7.80. The Bertz CT molecular complexity index is 2100. The lowest BCUT2D eigenvalue weighted by Crippen LogP contribution is -2.65. The van der Waals surface area contributed by atoms with Gasteiger partial charge in [-0.15, -0.1) is 0 Å². The summed E-state index contributed by atoms with van der Waals surface area (Å²) in [6.07, 6.45) is 21.0. The van der Waals surface area contributed by atoms with Crippen molar-refractivity contribution in [2.75, 3.05) is 6.61 Å². The number of rotatable bonds is 39. The largest absolute Gasteiger partial charge is 0.459 e. The number of ketones is 1. The van der Waals surface area contributed by atoms with Crippen molar-refractivity contribution < 1.29 is 55.0 Å². The first-order valence-corrected chi connectivity index (χ1v) is 33.4. The van der Waals surface area contributed by atoms with Crippen LogP contribution in [0, 0.1) is 0 Å². The van der Waals surface area contributed by atoms with E-state index in [1.165, 1.54) is 43.2 Å². The SMILES string of the molecule is CCCCCCCCCCCCC(OC(=O)CCCCCCCCc1ccccc1)C(=O)C1(ON)C[C@H](OC(=O)CCCCCCCCc2ccccc2)[C@H](OS(=O)(=O)O)[C@@H](CO[Si](C)(C)C(C)(C)C)O1.c1ccncc1. The Labute approximate surface area is 465 Å². The third-order valence-electron chi connectivity index (χ3n) is 14.9. The smallest absolute Gasteiger partial charge is 0.397 e. The molecule has 1 aromatic heterocycles. The van der Waals surface area contributed by atoms with Crippen LogP contribution < -0.4 is 5.90 Å². The minimum absolute atomic E-state index is 0.0161. The third-order valence-corrected chi connectivity index (χ3v) is 19.8. The van der Waals surface area contributed by atoms with Gasteiger partial charge in [-0.25, -0.2) is 10.1 Å². The van der Waals surface area contributed by atoms with Crippen molar-refractivity contribution in [2.24, 2.45) is 5.90 Å². The molecule has 16 heteroatoms. The molecule has 4 rings (SSSR count). The number of carbonyl (C=O) groups excluding carboxylic acids is 3. The highest BCUT2D eigenvalue weighted by Crippen LogP contribution is 2.40. The predicted molar refractivity (Wildman–Crippen MR) is 307 cm³/mol. The minimum Gasteiger partial charge on any atom is -0.459 e. The molecule has 0 radical (unpaired) electrons. The molecular weight excluding hydrogens is 1010 g/mol. The molecule has 1 fully saturated rings. The first-order chi connectivity index (χ1) is 36.9. The van der Waals surface area contributed by atoms with Crippen LogP contribution in [0.4, 0.5) is 0 Å². The topological polar surface area (TPSA) is 200 Å². The number of aryl methyl sites for hydroxylation is 2. The van der Waals surface area contributed by atoms with Gasteiger partial charge in [0.1, 0.15) is 18.3 Å². The van der Waals surface area contributed by atoms with Gasteiger partial charge in [0.15, 0.2) is 14.4 Å². The summed E-state index contributed by atoms with van der Waals surface area (Å²) in [7, 11) is -7.73. The van der Waals surface area contributed by atoms with E-state index in [-0.39, 0.29) is 30.9 Å². The van der Waals surface area contributed by atoms with Crippen LogP contribution in [-0.2, 0) is 65.3 Å². The number of benzene rings is 2. The molecule has 3 aromatic rings. The van der Waals surface area contributed by atoms with Gasteiger partial charge in [0.25, 0.3) is 5.79 Å². The van der Waals surface area contributed by atoms with Crippen molar-refractivity contribution >= 4 is 36.4 Å². The monoisotopic (exact) mass is 1110 g/mol. The molecule has 77 heavy (non-hydrogen) atoms. The number of pyridine rings is 1. The van der Waals surface area contributed by atoms with Gasteiger partial charge in [0.2, 0.25) is 5.78 Å². The zero-order valence-corrected chi connectivity index (χ0v) is 49.7. The number of carbonyl (C=O) groups is 3. The second-order valence-electron chi connectivity index (χ2n) is 22.4. The number of nitrogens with two attached hydrogens (primary N) is 1. The summed E-state index contributed by atoms with van der Waals surface area (Å²) in [4.78, 5) is 51.5. The van der Waals surface area contributed by atoms with Crippen LogP contribution in [-0.4, -0.2) is 80.8 Å². The molecule has 1 aliphatic rings. The standard InChI is InChI=1S/C56H93NO12SSi.C5H5N/c1-7-8-9-10-11-12-13-14-21-32-41-48(65-51(58)42-33-22-17-15-19-26-35-46-37-28-24-29-38-46)54(60)56(69-57)44-49(53(68-70(61,62)63)50(67-56)45-64-71(5,6)55(2,3)4)66-52(59)43-34-23-18-16-20-27-36-47-39-30-25-31-40-47;1-2-4-6-5-3-1/h24-25,28-31,37-40,48-50,53H,7-23,26-27,32-36,41-45,57H2,1-6H3,(H,61,62,63);1-5H/t48?,49-,50+,53-,56?;/m0./s1. The molecule has 434 valence electrons. The summed E-state index contributed by atoms with van der Waals surface area (Å²) in [5.41, 5.74) is 2.64. The number of ether oxygens (including phenoxy) is 3. The first-order valence-electron chi connectivity index (χ1n) is 29.1.